The van der Waals surface area contributed by atoms with E-state index in [0.717, 1.165) is 5.46 Å². The summed E-state index contributed by atoms with van der Waals surface area (Å²) in [4.78, 5) is 0. The van der Waals surface area contributed by atoms with Gasteiger partial charge in [-0.3, -0.25) is 0 Å². The van der Waals surface area contributed by atoms with Gasteiger partial charge < -0.3 is 9.31 Å². The molecule has 0 aliphatic carbocycles. The van der Waals surface area contributed by atoms with Gasteiger partial charge in [-0.05, 0) is 220 Å². The summed E-state index contributed by atoms with van der Waals surface area (Å²) in [6.07, 6.45) is 0. The molecule has 1 heterocycles. The molecule has 90 heavy (non-hydrogen) atoms. The number of aryl methyl sites for hydroxylation is 1. The molecule has 3 heteroatoms. The first-order valence-electron chi connectivity index (χ1n) is 31.9. The number of rotatable bonds is 4. The SMILES string of the molecule is CC(C)(C)c1cc2ccc3ccc(-c4ccc5cc(-c6ccc7ccccc7c6)ccc5c4)c4ccc(c1)c2c34.Cc1ccc2cc(-c3ccc4ccccc4c3)ccc2c1.[CH2+]C1(C)OB(c2ccc3ccc4cc(C(C)(C)C)cc5ccc2c3c45)OC1(C)C. The average Bonchev–Trinajstić information content (AvgIpc) is 0.987. The summed E-state index contributed by atoms with van der Waals surface area (Å²) < 4.78 is 12.6. The molecule has 0 spiro atoms. The van der Waals surface area contributed by atoms with Crippen LogP contribution in [0.3, 0.4) is 0 Å². The second kappa shape index (κ2) is 21.3. The van der Waals surface area contributed by atoms with Crippen LogP contribution in [0.15, 0.2) is 255 Å². The molecule has 1 aliphatic rings. The summed E-state index contributed by atoms with van der Waals surface area (Å²) in [6, 6.07) is 94.1. The number of hydrogen-bond acceptors (Lipinski definition) is 2. The van der Waals surface area contributed by atoms with Gasteiger partial charge in [-0.25, -0.2) is 0 Å². The van der Waals surface area contributed by atoms with Crippen molar-refractivity contribution in [1.29, 1.82) is 0 Å². The van der Waals surface area contributed by atoms with Crippen molar-refractivity contribution in [2.45, 2.75) is 91.3 Å². The van der Waals surface area contributed by atoms with Crippen molar-refractivity contribution in [3.63, 3.8) is 0 Å². The second-order valence-electron chi connectivity index (χ2n) is 28.2. The van der Waals surface area contributed by atoms with Crippen LogP contribution in [0.4, 0.5) is 0 Å². The molecule has 0 bridgehead atoms. The van der Waals surface area contributed by atoms with Crippen LogP contribution in [-0.4, -0.2) is 18.3 Å². The van der Waals surface area contributed by atoms with Crippen LogP contribution < -0.4 is 5.46 Å². The molecular weight excluding hydrogens is 1090 g/mol. The highest BCUT2D eigenvalue weighted by Gasteiger charge is 2.57. The quantitative estimate of drug-likeness (QED) is 0.0993. The van der Waals surface area contributed by atoms with Gasteiger partial charge in [0.1, 0.15) is 5.60 Å². The van der Waals surface area contributed by atoms with Crippen LogP contribution in [-0.2, 0) is 20.1 Å². The summed E-state index contributed by atoms with van der Waals surface area (Å²) >= 11 is 0. The largest absolute Gasteiger partial charge is 0.498 e. The number of fused-ring (bicyclic) bond motifs is 4. The van der Waals surface area contributed by atoms with Crippen molar-refractivity contribution in [2.24, 2.45) is 0 Å². The lowest BCUT2D eigenvalue weighted by Crippen LogP contribution is -2.42. The molecule has 17 rings (SSSR count). The topological polar surface area (TPSA) is 18.5 Å². The molecule has 1 aliphatic heterocycles. The highest BCUT2D eigenvalue weighted by atomic mass is 16.7. The maximum atomic E-state index is 6.32. The van der Waals surface area contributed by atoms with E-state index in [9.17, 15) is 0 Å². The summed E-state index contributed by atoms with van der Waals surface area (Å²) in [5.41, 5.74) is 11.9. The lowest BCUT2D eigenvalue weighted by molar-refractivity contribution is 0.0262. The van der Waals surface area contributed by atoms with Crippen molar-refractivity contribution in [3.8, 4) is 33.4 Å². The van der Waals surface area contributed by atoms with E-state index in [1.165, 1.54) is 158 Å². The van der Waals surface area contributed by atoms with Crippen LogP contribution in [0.25, 0.3) is 141 Å². The van der Waals surface area contributed by atoms with Crippen molar-refractivity contribution >= 4 is 120 Å². The molecule has 2 nitrogen and oxygen atoms in total. The lowest BCUT2D eigenvalue weighted by Gasteiger charge is -2.25. The standard InChI is InChI=1S/C40H30.C26H28BO2.C21H16/c1-40(2,3)35-23-33-15-9-26-16-18-36(37-19-17-34(24-35)38(33)39(26)37)32-14-13-30-21-29(11-12-31(30)22-32)28-10-8-25-6-4-5-7-27(25)20-28;1-24(2,3)19-14-17-9-8-16-11-13-21(27-28-25(4,5)26(6,7)29-27)20-12-10-18(15-19)22(17)23(16)20;1-15-6-7-19-14-21(11-10-18(19)12-15)20-9-8-16-4-2-3-5-17(16)13-20/h4-24H,1-3H3;8-15H,4H2,1-3,5-7H3;2-14H,1H3/q;+1;. The fraction of sp³-hybridized carbons (Fsp3) is 0.161. The van der Waals surface area contributed by atoms with Gasteiger partial charge in [-0.2, -0.15) is 0 Å². The van der Waals surface area contributed by atoms with E-state index in [-0.39, 0.29) is 10.8 Å². The maximum absolute atomic E-state index is 6.32. The molecule has 1 saturated heterocycles. The Balaban J connectivity index is 0.000000119. The number of benzene rings is 16. The van der Waals surface area contributed by atoms with E-state index in [1.807, 2.05) is 20.8 Å². The van der Waals surface area contributed by atoms with Gasteiger partial charge in [0.25, 0.3) is 0 Å². The van der Waals surface area contributed by atoms with Crippen LogP contribution >= 0.6 is 0 Å². The molecule has 0 amide bonds. The number of hydrogen-bond donors (Lipinski definition) is 0. The lowest BCUT2D eigenvalue weighted by atomic mass is 9.74. The maximum Gasteiger partial charge on any atom is 0.498 e. The third kappa shape index (κ3) is 10.2. The van der Waals surface area contributed by atoms with Crippen LogP contribution in [0.1, 0.15) is 79.0 Å². The molecule has 0 N–H and O–H groups in total. The Morgan fingerprint density at radius 1 is 0.311 bits per heavy atom. The van der Waals surface area contributed by atoms with Crippen LogP contribution in [0.2, 0.25) is 0 Å². The minimum Gasteiger partial charge on any atom is -0.395 e. The van der Waals surface area contributed by atoms with E-state index >= 15 is 0 Å². The predicted octanol–water partition coefficient (Wildman–Crippen LogP) is 23.5. The molecule has 1 fully saturated rings. The minimum atomic E-state index is -0.594. The first-order valence-corrected chi connectivity index (χ1v) is 31.9. The minimum absolute atomic E-state index is 0.116. The highest BCUT2D eigenvalue weighted by molar-refractivity contribution is 6.65. The molecule has 16 aromatic carbocycles. The highest BCUT2D eigenvalue weighted by Crippen LogP contribution is 2.44. The molecule has 0 aromatic heterocycles. The van der Waals surface area contributed by atoms with E-state index in [2.05, 4.69) is 310 Å². The Bertz CT molecular complexity index is 5430. The zero-order valence-electron chi connectivity index (χ0n) is 53.3. The van der Waals surface area contributed by atoms with Gasteiger partial charge in [-0.15, -0.1) is 0 Å². The molecule has 0 saturated carbocycles. The van der Waals surface area contributed by atoms with E-state index in [4.69, 9.17) is 9.31 Å². The Labute approximate surface area is 529 Å². The Hall–Kier alpha value is -9.51. The second-order valence-corrected chi connectivity index (χ2v) is 28.2. The fourth-order valence-electron chi connectivity index (χ4n) is 13.8. The molecule has 1 atom stereocenters. The Morgan fingerprint density at radius 3 is 1.12 bits per heavy atom. The fourth-order valence-corrected chi connectivity index (χ4v) is 13.8. The molecule has 0 radical (unpaired) electrons. The first-order chi connectivity index (χ1) is 43.2. The third-order valence-corrected chi connectivity index (χ3v) is 19.6. The first kappa shape index (κ1) is 57.0. The Kier molecular flexibility index (Phi) is 13.5. The van der Waals surface area contributed by atoms with E-state index in [0.29, 0.717) is 0 Å². The zero-order chi connectivity index (χ0) is 62.0. The van der Waals surface area contributed by atoms with Crippen molar-refractivity contribution in [2.75, 3.05) is 0 Å². The zero-order valence-corrected chi connectivity index (χ0v) is 53.3. The third-order valence-electron chi connectivity index (χ3n) is 19.6. The van der Waals surface area contributed by atoms with Gasteiger partial charge in [0, 0.05) is 6.92 Å². The van der Waals surface area contributed by atoms with Crippen molar-refractivity contribution in [3.05, 3.63) is 278 Å². The molecule has 1 unspecified atom stereocenters. The summed E-state index contributed by atoms with van der Waals surface area (Å²) in [6.45, 7) is 26.2. The average molecular weight is 1160 g/mol. The predicted molar refractivity (Wildman–Crippen MR) is 391 cm³/mol. The van der Waals surface area contributed by atoms with Crippen molar-refractivity contribution in [1.82, 2.24) is 0 Å². The van der Waals surface area contributed by atoms with Crippen molar-refractivity contribution < 1.29 is 9.31 Å². The van der Waals surface area contributed by atoms with Gasteiger partial charge in [0.2, 0.25) is 5.60 Å². The monoisotopic (exact) mass is 1160 g/mol. The molecule has 16 aromatic rings. The van der Waals surface area contributed by atoms with Crippen LogP contribution in [0, 0.1) is 13.8 Å². The van der Waals surface area contributed by atoms with Gasteiger partial charge in [0.05, 0.1) is 6.92 Å². The van der Waals surface area contributed by atoms with E-state index < -0.39 is 18.3 Å². The Morgan fingerprint density at radius 2 is 0.656 bits per heavy atom. The van der Waals surface area contributed by atoms with Crippen LogP contribution in [0.5, 0.6) is 0 Å². The molecular formula is C87H74BO2+. The van der Waals surface area contributed by atoms with E-state index in [1.54, 1.807) is 0 Å². The van der Waals surface area contributed by atoms with Gasteiger partial charge >= 0.3 is 7.12 Å². The molecule has 436 valence electrons. The summed E-state index contributed by atoms with van der Waals surface area (Å²) in [5.74, 6) is 0. The van der Waals surface area contributed by atoms with Gasteiger partial charge in [-0.1, -0.05) is 272 Å². The summed E-state index contributed by atoms with van der Waals surface area (Å²) in [5, 5.41) is 26.0. The van der Waals surface area contributed by atoms with Gasteiger partial charge in [0.15, 0.2) is 0 Å². The normalized spacial score (nSPS) is 15.3. The smallest absolute Gasteiger partial charge is 0.395 e. The summed E-state index contributed by atoms with van der Waals surface area (Å²) in [7, 11) is -0.415.